The second-order valence-electron chi connectivity index (χ2n) is 4.96. The lowest BCUT2D eigenvalue weighted by Gasteiger charge is -2.21. The van der Waals surface area contributed by atoms with Crippen molar-refractivity contribution in [3.05, 3.63) is 0 Å². The third-order valence-electron chi connectivity index (χ3n) is 3.44. The number of ketones is 2. The van der Waals surface area contributed by atoms with Crippen LogP contribution >= 0.6 is 11.8 Å². The molecule has 1 aliphatic heterocycles. The zero-order chi connectivity index (χ0) is 12.7. The normalized spacial score (nSPS) is 20.9. The van der Waals surface area contributed by atoms with E-state index in [0.717, 1.165) is 37.2 Å². The Kier molecular flexibility index (Phi) is 6.86. The molecule has 0 bridgehead atoms. The molecule has 98 valence electrons. The van der Waals surface area contributed by atoms with Crippen LogP contribution in [0.2, 0.25) is 0 Å². The number of Topliss-reactive ketones (excluding diaryl/α,β-unsaturated/α-hetero) is 2. The lowest BCUT2D eigenvalue weighted by Crippen LogP contribution is -2.31. The van der Waals surface area contributed by atoms with E-state index in [0.29, 0.717) is 18.8 Å². The van der Waals surface area contributed by atoms with Crippen LogP contribution < -0.4 is 0 Å². The molecule has 0 aromatic heterocycles. The van der Waals surface area contributed by atoms with Crippen molar-refractivity contribution in [2.45, 2.75) is 52.4 Å². The molecule has 0 N–H and O–H groups in total. The van der Waals surface area contributed by atoms with E-state index in [1.54, 1.807) is 11.8 Å². The molecule has 0 saturated carbocycles. The molecule has 1 rings (SSSR count). The average Bonchev–Trinajstić information content (AvgIpc) is 2.30. The number of hydrogen-bond donors (Lipinski definition) is 0. The summed E-state index contributed by atoms with van der Waals surface area (Å²) in [5.41, 5.74) is 0. The minimum atomic E-state index is -0.287. The Hall–Kier alpha value is -0.310. The topological polar surface area (TPSA) is 34.1 Å². The van der Waals surface area contributed by atoms with E-state index in [1.165, 1.54) is 0 Å². The fourth-order valence-corrected chi connectivity index (χ4v) is 3.63. The van der Waals surface area contributed by atoms with Crippen LogP contribution in [0.4, 0.5) is 0 Å². The molecular formula is C14H24O2S. The molecule has 1 unspecified atom stereocenters. The van der Waals surface area contributed by atoms with Crippen LogP contribution in [0.15, 0.2) is 0 Å². The number of carbonyl (C=O) groups is 2. The number of carbonyl (C=O) groups excluding carboxylic acids is 2. The van der Waals surface area contributed by atoms with Crippen molar-refractivity contribution in [3.63, 3.8) is 0 Å². The van der Waals surface area contributed by atoms with Gasteiger partial charge in [0.1, 0.15) is 11.6 Å². The highest BCUT2D eigenvalue weighted by Gasteiger charge is 2.30. The number of hydrogen-bond acceptors (Lipinski definition) is 3. The Morgan fingerprint density at radius 1 is 1.35 bits per heavy atom. The minimum Gasteiger partial charge on any atom is -0.299 e. The van der Waals surface area contributed by atoms with Gasteiger partial charge in [0, 0.05) is 24.3 Å². The second-order valence-corrected chi connectivity index (χ2v) is 6.11. The summed E-state index contributed by atoms with van der Waals surface area (Å²) in [7, 11) is 0. The van der Waals surface area contributed by atoms with E-state index < -0.39 is 0 Å². The van der Waals surface area contributed by atoms with Gasteiger partial charge in [-0.05, 0) is 5.92 Å². The molecule has 0 aliphatic carbocycles. The smallest absolute Gasteiger partial charge is 0.144 e. The molecule has 2 nitrogen and oxygen atoms in total. The Bertz CT molecular complexity index is 257. The zero-order valence-corrected chi connectivity index (χ0v) is 11.9. The fraction of sp³-hybridized carbons (Fsp3) is 0.857. The minimum absolute atomic E-state index is 0.181. The Balaban J connectivity index is 2.47. The van der Waals surface area contributed by atoms with Gasteiger partial charge < -0.3 is 0 Å². The average molecular weight is 256 g/mol. The third kappa shape index (κ3) is 4.82. The maximum Gasteiger partial charge on any atom is 0.144 e. The molecule has 17 heavy (non-hydrogen) atoms. The highest BCUT2D eigenvalue weighted by atomic mass is 32.2. The SMILES string of the molecule is CCCC(CCC)CC(=O)C1CSCCC1=O. The Morgan fingerprint density at radius 3 is 2.53 bits per heavy atom. The van der Waals surface area contributed by atoms with Gasteiger partial charge in [0.25, 0.3) is 0 Å². The molecule has 0 aromatic carbocycles. The first-order chi connectivity index (χ1) is 8.19. The van der Waals surface area contributed by atoms with Gasteiger partial charge in [-0.3, -0.25) is 9.59 Å². The van der Waals surface area contributed by atoms with Crippen LogP contribution in [0, 0.1) is 11.8 Å². The van der Waals surface area contributed by atoms with Gasteiger partial charge in [-0.25, -0.2) is 0 Å². The van der Waals surface area contributed by atoms with E-state index in [-0.39, 0.29) is 17.5 Å². The second kappa shape index (κ2) is 7.91. The van der Waals surface area contributed by atoms with Crippen LogP contribution in [-0.2, 0) is 9.59 Å². The summed E-state index contributed by atoms with van der Waals surface area (Å²) in [5, 5.41) is 0. The van der Waals surface area contributed by atoms with E-state index in [9.17, 15) is 9.59 Å². The van der Waals surface area contributed by atoms with Crippen molar-refractivity contribution in [1.29, 1.82) is 0 Å². The summed E-state index contributed by atoms with van der Waals surface area (Å²) in [6.07, 6.45) is 5.71. The van der Waals surface area contributed by atoms with E-state index in [1.807, 2.05) is 0 Å². The standard InChI is InChI=1S/C14H24O2S/c1-3-5-11(6-4-2)9-14(16)12-10-17-8-7-13(12)15/h11-12H,3-10H2,1-2H3. The fourth-order valence-electron chi connectivity index (χ4n) is 2.51. The van der Waals surface area contributed by atoms with Gasteiger partial charge in [-0.2, -0.15) is 11.8 Å². The summed E-state index contributed by atoms with van der Waals surface area (Å²) in [6, 6.07) is 0. The van der Waals surface area contributed by atoms with E-state index in [2.05, 4.69) is 13.8 Å². The molecule has 0 amide bonds. The Labute approximate surface area is 109 Å². The molecule has 1 fully saturated rings. The van der Waals surface area contributed by atoms with Gasteiger partial charge in [0.2, 0.25) is 0 Å². The molecule has 1 aliphatic rings. The summed E-state index contributed by atoms with van der Waals surface area (Å²) < 4.78 is 0. The first-order valence-electron chi connectivity index (χ1n) is 6.82. The quantitative estimate of drug-likeness (QED) is 0.654. The van der Waals surface area contributed by atoms with Crippen LogP contribution in [0.25, 0.3) is 0 Å². The van der Waals surface area contributed by atoms with Crippen LogP contribution in [0.5, 0.6) is 0 Å². The van der Waals surface area contributed by atoms with E-state index >= 15 is 0 Å². The molecule has 0 spiro atoms. The lowest BCUT2D eigenvalue weighted by atomic mass is 9.87. The van der Waals surface area contributed by atoms with Crippen molar-refractivity contribution in [2.75, 3.05) is 11.5 Å². The number of rotatable bonds is 7. The summed E-state index contributed by atoms with van der Waals surface area (Å²) >= 11 is 1.75. The maximum atomic E-state index is 12.1. The van der Waals surface area contributed by atoms with Gasteiger partial charge in [-0.1, -0.05) is 39.5 Å². The summed E-state index contributed by atoms with van der Waals surface area (Å²) in [6.45, 7) is 4.32. The Morgan fingerprint density at radius 2 is 2.00 bits per heavy atom. The zero-order valence-electron chi connectivity index (χ0n) is 11.0. The molecule has 0 aromatic rings. The highest BCUT2D eigenvalue weighted by molar-refractivity contribution is 7.99. The summed E-state index contributed by atoms with van der Waals surface area (Å²) in [5.74, 6) is 2.22. The largest absolute Gasteiger partial charge is 0.299 e. The maximum absolute atomic E-state index is 12.1. The predicted molar refractivity (Wildman–Crippen MR) is 73.4 cm³/mol. The molecular weight excluding hydrogens is 232 g/mol. The van der Waals surface area contributed by atoms with Crippen molar-refractivity contribution < 1.29 is 9.59 Å². The van der Waals surface area contributed by atoms with Crippen molar-refractivity contribution in [1.82, 2.24) is 0 Å². The van der Waals surface area contributed by atoms with Crippen molar-refractivity contribution in [3.8, 4) is 0 Å². The molecule has 1 saturated heterocycles. The highest BCUT2D eigenvalue weighted by Crippen LogP contribution is 2.25. The van der Waals surface area contributed by atoms with Crippen LogP contribution in [-0.4, -0.2) is 23.1 Å². The monoisotopic (exact) mass is 256 g/mol. The van der Waals surface area contributed by atoms with E-state index in [4.69, 9.17) is 0 Å². The lowest BCUT2D eigenvalue weighted by molar-refractivity contribution is -0.132. The number of thioether (sulfide) groups is 1. The molecule has 0 radical (unpaired) electrons. The van der Waals surface area contributed by atoms with Crippen molar-refractivity contribution in [2.24, 2.45) is 11.8 Å². The van der Waals surface area contributed by atoms with Gasteiger partial charge in [-0.15, -0.1) is 0 Å². The molecule has 3 heteroatoms. The summed E-state index contributed by atoms with van der Waals surface area (Å²) in [4.78, 5) is 23.8. The molecule has 1 atom stereocenters. The first-order valence-corrected chi connectivity index (χ1v) is 7.97. The van der Waals surface area contributed by atoms with Gasteiger partial charge in [0.15, 0.2) is 0 Å². The first kappa shape index (κ1) is 14.7. The predicted octanol–water partition coefficient (Wildman–Crippen LogP) is 3.48. The van der Waals surface area contributed by atoms with Crippen molar-refractivity contribution >= 4 is 23.3 Å². The third-order valence-corrected chi connectivity index (χ3v) is 4.50. The van der Waals surface area contributed by atoms with Crippen LogP contribution in [0.3, 0.4) is 0 Å². The van der Waals surface area contributed by atoms with Gasteiger partial charge >= 0.3 is 0 Å². The van der Waals surface area contributed by atoms with Crippen LogP contribution in [0.1, 0.15) is 52.4 Å². The molecule has 1 heterocycles. The van der Waals surface area contributed by atoms with Gasteiger partial charge in [0.05, 0.1) is 5.92 Å².